The van der Waals surface area contributed by atoms with E-state index in [9.17, 15) is 4.39 Å². The van der Waals surface area contributed by atoms with Crippen molar-refractivity contribution in [2.75, 3.05) is 0 Å². The lowest BCUT2D eigenvalue weighted by molar-refractivity contribution is 0.591. The third kappa shape index (κ3) is 3.15. The van der Waals surface area contributed by atoms with Gasteiger partial charge in [0.05, 0.1) is 5.69 Å². The van der Waals surface area contributed by atoms with Crippen LogP contribution in [0, 0.1) is 12.7 Å². The van der Waals surface area contributed by atoms with Gasteiger partial charge in [0.1, 0.15) is 10.8 Å². The Morgan fingerprint density at radius 2 is 2.17 bits per heavy atom. The summed E-state index contributed by atoms with van der Waals surface area (Å²) in [5.74, 6) is -0.220. The molecule has 0 amide bonds. The highest BCUT2D eigenvalue weighted by Gasteiger charge is 2.10. The van der Waals surface area contributed by atoms with E-state index >= 15 is 0 Å². The number of halogens is 1. The molecule has 0 unspecified atom stereocenters. The highest BCUT2D eigenvalue weighted by molar-refractivity contribution is 7.15. The van der Waals surface area contributed by atoms with Crippen molar-refractivity contribution >= 4 is 11.3 Å². The fraction of sp³-hybridized carbons (Fsp3) is 0.357. The molecular weight excluding hydrogens is 247 g/mol. The number of aryl methyl sites for hydroxylation is 1. The number of hydrogen-bond donors (Lipinski definition) is 1. The fourth-order valence-electron chi connectivity index (χ4n) is 1.63. The van der Waals surface area contributed by atoms with Crippen LogP contribution >= 0.6 is 11.3 Å². The second kappa shape index (κ2) is 5.59. The van der Waals surface area contributed by atoms with E-state index in [-0.39, 0.29) is 5.82 Å². The van der Waals surface area contributed by atoms with Crippen molar-refractivity contribution in [2.45, 2.75) is 33.4 Å². The summed E-state index contributed by atoms with van der Waals surface area (Å²) in [5, 5.41) is 4.26. The van der Waals surface area contributed by atoms with E-state index in [0.29, 0.717) is 6.04 Å². The normalized spacial score (nSPS) is 11.2. The van der Waals surface area contributed by atoms with Gasteiger partial charge in [0.15, 0.2) is 0 Å². The van der Waals surface area contributed by atoms with E-state index < -0.39 is 0 Å². The number of nitrogens with one attached hydrogen (secondary N) is 1. The van der Waals surface area contributed by atoms with E-state index in [1.807, 2.05) is 13.0 Å². The number of benzene rings is 1. The van der Waals surface area contributed by atoms with E-state index in [1.165, 1.54) is 17.0 Å². The van der Waals surface area contributed by atoms with Crippen molar-refractivity contribution in [1.82, 2.24) is 10.3 Å². The summed E-state index contributed by atoms with van der Waals surface area (Å²) in [5.41, 5.74) is 1.87. The van der Waals surface area contributed by atoms with Gasteiger partial charge in [-0.15, -0.1) is 11.3 Å². The molecule has 1 heterocycles. The van der Waals surface area contributed by atoms with Gasteiger partial charge < -0.3 is 5.32 Å². The zero-order valence-corrected chi connectivity index (χ0v) is 11.6. The van der Waals surface area contributed by atoms with E-state index in [4.69, 9.17) is 0 Å². The Labute approximate surface area is 111 Å². The van der Waals surface area contributed by atoms with Crippen LogP contribution in [0.15, 0.2) is 24.3 Å². The standard InChI is InChI=1S/C14H17FN2S/c1-9(2)16-8-13-10(3)17-14(18-13)11-5-4-6-12(15)7-11/h4-7,9,16H,8H2,1-3H3. The molecule has 1 aromatic carbocycles. The summed E-state index contributed by atoms with van der Waals surface area (Å²) >= 11 is 1.62. The van der Waals surface area contributed by atoms with Gasteiger partial charge >= 0.3 is 0 Å². The van der Waals surface area contributed by atoms with Crippen LogP contribution in [0.4, 0.5) is 4.39 Å². The molecule has 0 fully saturated rings. The number of nitrogens with zero attached hydrogens (tertiary/aromatic N) is 1. The van der Waals surface area contributed by atoms with Gasteiger partial charge in [-0.1, -0.05) is 26.0 Å². The molecule has 2 nitrogen and oxygen atoms in total. The van der Waals surface area contributed by atoms with Crippen LogP contribution < -0.4 is 5.32 Å². The Morgan fingerprint density at radius 1 is 1.39 bits per heavy atom. The number of hydrogen-bond acceptors (Lipinski definition) is 3. The zero-order chi connectivity index (χ0) is 13.1. The Hall–Kier alpha value is -1.26. The predicted octanol–water partition coefficient (Wildman–Crippen LogP) is 3.76. The molecule has 0 spiro atoms. The van der Waals surface area contributed by atoms with E-state index in [1.54, 1.807) is 17.4 Å². The number of rotatable bonds is 4. The lowest BCUT2D eigenvalue weighted by Gasteiger charge is -2.05. The van der Waals surface area contributed by atoms with Crippen molar-refractivity contribution in [1.29, 1.82) is 0 Å². The second-order valence-corrected chi connectivity index (χ2v) is 5.66. The van der Waals surface area contributed by atoms with E-state index in [0.717, 1.165) is 22.8 Å². The molecule has 1 N–H and O–H groups in total. The van der Waals surface area contributed by atoms with Gasteiger partial charge in [-0.3, -0.25) is 0 Å². The first-order chi connectivity index (χ1) is 8.56. The highest BCUT2D eigenvalue weighted by atomic mass is 32.1. The van der Waals surface area contributed by atoms with Crippen LogP contribution in [-0.2, 0) is 6.54 Å². The molecule has 0 aliphatic heterocycles. The zero-order valence-electron chi connectivity index (χ0n) is 10.8. The summed E-state index contributed by atoms with van der Waals surface area (Å²) in [7, 11) is 0. The largest absolute Gasteiger partial charge is 0.310 e. The third-order valence-corrected chi connectivity index (χ3v) is 3.84. The average molecular weight is 264 g/mol. The molecule has 0 aliphatic rings. The van der Waals surface area contributed by atoms with Crippen LogP contribution in [0.25, 0.3) is 10.6 Å². The quantitative estimate of drug-likeness (QED) is 0.909. The maximum atomic E-state index is 13.2. The first-order valence-electron chi connectivity index (χ1n) is 6.02. The van der Waals surface area contributed by atoms with Crippen LogP contribution in [0.2, 0.25) is 0 Å². The van der Waals surface area contributed by atoms with Crippen LogP contribution in [0.1, 0.15) is 24.4 Å². The minimum atomic E-state index is -0.220. The van der Waals surface area contributed by atoms with Gasteiger partial charge in [-0.05, 0) is 19.1 Å². The predicted molar refractivity (Wildman–Crippen MR) is 74.2 cm³/mol. The number of aromatic nitrogens is 1. The smallest absolute Gasteiger partial charge is 0.124 e. The van der Waals surface area contributed by atoms with Crippen molar-refractivity contribution < 1.29 is 4.39 Å². The summed E-state index contributed by atoms with van der Waals surface area (Å²) in [4.78, 5) is 5.72. The van der Waals surface area contributed by atoms with Crippen LogP contribution in [0.3, 0.4) is 0 Å². The molecule has 2 rings (SSSR count). The minimum absolute atomic E-state index is 0.220. The number of thiazole rings is 1. The maximum absolute atomic E-state index is 13.2. The average Bonchev–Trinajstić information content (AvgIpc) is 2.68. The minimum Gasteiger partial charge on any atom is -0.310 e. The van der Waals surface area contributed by atoms with Crippen molar-refractivity contribution in [3.63, 3.8) is 0 Å². The Kier molecular flexibility index (Phi) is 4.09. The lowest BCUT2D eigenvalue weighted by Crippen LogP contribution is -2.21. The van der Waals surface area contributed by atoms with Crippen molar-refractivity contribution in [3.8, 4) is 10.6 Å². The van der Waals surface area contributed by atoms with Gasteiger partial charge in [0, 0.05) is 23.0 Å². The molecule has 0 atom stereocenters. The first-order valence-corrected chi connectivity index (χ1v) is 6.83. The molecule has 1 aromatic heterocycles. The third-order valence-electron chi connectivity index (χ3n) is 2.64. The van der Waals surface area contributed by atoms with Gasteiger partial charge in [0.25, 0.3) is 0 Å². The summed E-state index contributed by atoms with van der Waals surface area (Å²) in [6.07, 6.45) is 0. The fourth-order valence-corrected chi connectivity index (χ4v) is 2.64. The second-order valence-electron chi connectivity index (χ2n) is 4.57. The van der Waals surface area contributed by atoms with Crippen LogP contribution in [0.5, 0.6) is 0 Å². The molecule has 96 valence electrons. The summed E-state index contributed by atoms with van der Waals surface area (Å²) in [6.45, 7) is 7.04. The van der Waals surface area contributed by atoms with Gasteiger partial charge in [0.2, 0.25) is 0 Å². The molecule has 0 saturated carbocycles. The molecule has 0 saturated heterocycles. The van der Waals surface area contributed by atoms with E-state index in [2.05, 4.69) is 24.1 Å². The molecule has 0 bridgehead atoms. The highest BCUT2D eigenvalue weighted by Crippen LogP contribution is 2.28. The molecule has 18 heavy (non-hydrogen) atoms. The Bertz CT molecular complexity index is 534. The van der Waals surface area contributed by atoms with Gasteiger partial charge in [-0.25, -0.2) is 9.37 Å². The Balaban J connectivity index is 2.23. The van der Waals surface area contributed by atoms with Crippen molar-refractivity contribution in [3.05, 3.63) is 40.7 Å². The molecule has 0 radical (unpaired) electrons. The van der Waals surface area contributed by atoms with Gasteiger partial charge in [-0.2, -0.15) is 0 Å². The molecule has 4 heteroatoms. The maximum Gasteiger partial charge on any atom is 0.124 e. The molecule has 2 aromatic rings. The van der Waals surface area contributed by atoms with Crippen molar-refractivity contribution in [2.24, 2.45) is 0 Å². The summed E-state index contributed by atoms with van der Waals surface area (Å²) in [6, 6.07) is 7.03. The monoisotopic (exact) mass is 264 g/mol. The lowest BCUT2D eigenvalue weighted by atomic mass is 10.2. The SMILES string of the molecule is Cc1nc(-c2cccc(F)c2)sc1CNC(C)C. The summed E-state index contributed by atoms with van der Waals surface area (Å²) < 4.78 is 13.2. The topological polar surface area (TPSA) is 24.9 Å². The molecule has 0 aliphatic carbocycles. The first kappa shape index (κ1) is 13.2. The Morgan fingerprint density at radius 3 is 2.83 bits per heavy atom. The van der Waals surface area contributed by atoms with Crippen LogP contribution in [-0.4, -0.2) is 11.0 Å². The molecular formula is C14H17FN2S.